The molecule has 1 aromatic carbocycles. The van der Waals surface area contributed by atoms with Crippen molar-refractivity contribution in [1.29, 1.82) is 0 Å². The molecule has 2 rings (SSSR count). The molecule has 0 radical (unpaired) electrons. The number of aromatic nitrogens is 1. The number of rotatable bonds is 5. The Morgan fingerprint density at radius 2 is 2.00 bits per heavy atom. The highest BCUT2D eigenvalue weighted by Crippen LogP contribution is 2.24. The van der Waals surface area contributed by atoms with E-state index >= 15 is 0 Å². The van der Waals surface area contributed by atoms with Crippen LogP contribution in [0.1, 0.15) is 12.6 Å². The van der Waals surface area contributed by atoms with Crippen LogP contribution in [0.15, 0.2) is 29.6 Å². The van der Waals surface area contributed by atoms with Crippen LogP contribution in [0.4, 0.5) is 5.69 Å². The minimum Gasteiger partial charge on any atom is -0.326 e. The lowest BCUT2D eigenvalue weighted by molar-refractivity contribution is -0.119. The van der Waals surface area contributed by atoms with Crippen LogP contribution in [0.25, 0.3) is 10.6 Å². The van der Waals surface area contributed by atoms with Gasteiger partial charge in [-0.25, -0.2) is 4.98 Å². The molecule has 0 aliphatic rings. The molecule has 6 heteroatoms. The van der Waals surface area contributed by atoms with E-state index in [1.165, 1.54) is 0 Å². The van der Waals surface area contributed by atoms with Gasteiger partial charge in [0.1, 0.15) is 5.01 Å². The summed E-state index contributed by atoms with van der Waals surface area (Å²) in [6, 6.07) is 7.79. The highest BCUT2D eigenvalue weighted by molar-refractivity contribution is 7.13. The number of amides is 1. The SMILES string of the molecule is CNCC(C)C(=O)Nc1ccc(-c2nc(C)cs2)cc1.Cl. The zero-order valence-electron chi connectivity index (χ0n) is 12.3. The number of halogens is 1. The Labute approximate surface area is 135 Å². The third kappa shape index (κ3) is 4.81. The monoisotopic (exact) mass is 325 g/mol. The molecule has 2 N–H and O–H groups in total. The minimum atomic E-state index is -0.0544. The Morgan fingerprint density at radius 3 is 2.52 bits per heavy atom. The third-order valence-electron chi connectivity index (χ3n) is 2.98. The van der Waals surface area contributed by atoms with Gasteiger partial charge in [-0.1, -0.05) is 6.92 Å². The van der Waals surface area contributed by atoms with Crippen LogP contribution in [0.5, 0.6) is 0 Å². The van der Waals surface area contributed by atoms with Crippen LogP contribution >= 0.6 is 23.7 Å². The van der Waals surface area contributed by atoms with Crippen molar-refractivity contribution in [3.05, 3.63) is 35.3 Å². The molecule has 0 aliphatic heterocycles. The quantitative estimate of drug-likeness (QED) is 0.886. The van der Waals surface area contributed by atoms with Crippen LogP contribution in [0, 0.1) is 12.8 Å². The highest BCUT2D eigenvalue weighted by Gasteiger charge is 2.11. The number of carbonyl (C=O) groups excluding carboxylic acids is 1. The average molecular weight is 326 g/mol. The van der Waals surface area contributed by atoms with Crippen molar-refractivity contribution in [3.63, 3.8) is 0 Å². The van der Waals surface area contributed by atoms with Gasteiger partial charge in [-0.15, -0.1) is 23.7 Å². The molecule has 0 saturated heterocycles. The largest absolute Gasteiger partial charge is 0.326 e. The summed E-state index contributed by atoms with van der Waals surface area (Å²) in [5.74, 6) is -0.0292. The fourth-order valence-electron chi connectivity index (χ4n) is 1.85. The Bertz CT molecular complexity index is 583. The number of nitrogens with zero attached hydrogens (tertiary/aromatic N) is 1. The lowest BCUT2D eigenvalue weighted by atomic mass is 10.1. The highest BCUT2D eigenvalue weighted by atomic mass is 35.5. The van der Waals surface area contributed by atoms with Crippen LogP contribution in [0.2, 0.25) is 0 Å². The van der Waals surface area contributed by atoms with Crippen molar-refractivity contribution >= 4 is 35.3 Å². The Morgan fingerprint density at radius 1 is 1.33 bits per heavy atom. The zero-order valence-corrected chi connectivity index (χ0v) is 14.0. The van der Waals surface area contributed by atoms with Gasteiger partial charge in [0.15, 0.2) is 0 Å². The van der Waals surface area contributed by atoms with Gasteiger partial charge < -0.3 is 10.6 Å². The van der Waals surface area contributed by atoms with Crippen molar-refractivity contribution < 1.29 is 4.79 Å². The fraction of sp³-hybridized carbons (Fsp3) is 0.333. The molecule has 2 aromatic rings. The summed E-state index contributed by atoms with van der Waals surface area (Å²) in [5.41, 5.74) is 2.92. The molecule has 1 aromatic heterocycles. The maximum Gasteiger partial charge on any atom is 0.228 e. The number of nitrogens with one attached hydrogen (secondary N) is 2. The first-order valence-electron chi connectivity index (χ1n) is 6.58. The summed E-state index contributed by atoms with van der Waals surface area (Å²) in [7, 11) is 1.84. The topological polar surface area (TPSA) is 54.0 Å². The molecule has 0 aliphatic carbocycles. The molecule has 4 nitrogen and oxygen atoms in total. The van der Waals surface area contributed by atoms with Crippen LogP contribution in [0.3, 0.4) is 0 Å². The van der Waals surface area contributed by atoms with E-state index in [0.29, 0.717) is 6.54 Å². The van der Waals surface area contributed by atoms with Gasteiger partial charge in [0.05, 0.1) is 0 Å². The number of hydrogen-bond donors (Lipinski definition) is 2. The van der Waals surface area contributed by atoms with E-state index in [9.17, 15) is 4.79 Å². The number of carbonyl (C=O) groups is 1. The fourth-order valence-corrected chi connectivity index (χ4v) is 2.65. The summed E-state index contributed by atoms with van der Waals surface area (Å²) < 4.78 is 0. The predicted octanol–water partition coefficient (Wildman–Crippen LogP) is 3.33. The van der Waals surface area contributed by atoms with E-state index in [1.807, 2.05) is 50.5 Å². The normalized spacial score (nSPS) is 11.6. The summed E-state index contributed by atoms with van der Waals surface area (Å²) in [6.45, 7) is 4.55. The van der Waals surface area contributed by atoms with Crippen molar-refractivity contribution in [2.45, 2.75) is 13.8 Å². The summed E-state index contributed by atoms with van der Waals surface area (Å²) >= 11 is 1.63. The minimum absolute atomic E-state index is 0. The molecular formula is C15H20ClN3OS. The average Bonchev–Trinajstić information content (AvgIpc) is 2.86. The molecule has 1 atom stereocenters. The predicted molar refractivity (Wildman–Crippen MR) is 91.3 cm³/mol. The van der Waals surface area contributed by atoms with E-state index in [0.717, 1.165) is 22.0 Å². The van der Waals surface area contributed by atoms with Gasteiger partial charge >= 0.3 is 0 Å². The van der Waals surface area contributed by atoms with E-state index in [1.54, 1.807) is 11.3 Å². The maximum absolute atomic E-state index is 11.9. The number of benzene rings is 1. The molecule has 1 heterocycles. The molecule has 0 spiro atoms. The van der Waals surface area contributed by atoms with Gasteiger partial charge in [-0.3, -0.25) is 4.79 Å². The zero-order chi connectivity index (χ0) is 14.5. The van der Waals surface area contributed by atoms with Crippen LogP contribution in [-0.4, -0.2) is 24.5 Å². The maximum atomic E-state index is 11.9. The molecule has 0 fully saturated rings. The Kier molecular flexibility index (Phi) is 6.81. The van der Waals surface area contributed by atoms with E-state index in [4.69, 9.17) is 0 Å². The van der Waals surface area contributed by atoms with Crippen molar-refractivity contribution in [2.24, 2.45) is 5.92 Å². The van der Waals surface area contributed by atoms with E-state index in [2.05, 4.69) is 15.6 Å². The second-order valence-corrected chi connectivity index (χ2v) is 5.68. The number of aryl methyl sites for hydroxylation is 1. The Balaban J connectivity index is 0.00000220. The van der Waals surface area contributed by atoms with E-state index in [-0.39, 0.29) is 24.2 Å². The summed E-state index contributed by atoms with van der Waals surface area (Å²) in [4.78, 5) is 16.3. The number of thiazole rings is 1. The van der Waals surface area contributed by atoms with Crippen LogP contribution < -0.4 is 10.6 Å². The molecule has 1 amide bonds. The van der Waals surface area contributed by atoms with E-state index < -0.39 is 0 Å². The third-order valence-corrected chi connectivity index (χ3v) is 3.99. The summed E-state index contributed by atoms with van der Waals surface area (Å²) in [6.07, 6.45) is 0. The standard InChI is InChI=1S/C15H19N3OS.ClH/c1-10(8-16-3)14(19)18-13-6-4-12(5-7-13)15-17-11(2)9-20-15;/h4-7,9-10,16H,8H2,1-3H3,(H,18,19);1H. The molecule has 0 saturated carbocycles. The summed E-state index contributed by atoms with van der Waals surface area (Å²) in [5, 5.41) is 8.95. The Hall–Kier alpha value is -1.43. The molecular weight excluding hydrogens is 306 g/mol. The molecule has 0 bridgehead atoms. The van der Waals surface area contributed by atoms with Gasteiger partial charge in [-0.05, 0) is 38.2 Å². The molecule has 21 heavy (non-hydrogen) atoms. The molecule has 1 unspecified atom stereocenters. The van der Waals surface area contributed by atoms with Gasteiger partial charge in [0, 0.05) is 34.8 Å². The smallest absolute Gasteiger partial charge is 0.228 e. The first kappa shape index (κ1) is 17.6. The second-order valence-electron chi connectivity index (χ2n) is 4.82. The lowest BCUT2D eigenvalue weighted by Crippen LogP contribution is -2.28. The van der Waals surface area contributed by atoms with Crippen molar-refractivity contribution in [2.75, 3.05) is 18.9 Å². The van der Waals surface area contributed by atoms with Crippen molar-refractivity contribution in [3.8, 4) is 10.6 Å². The van der Waals surface area contributed by atoms with Crippen LogP contribution in [-0.2, 0) is 4.79 Å². The lowest BCUT2D eigenvalue weighted by Gasteiger charge is -2.11. The number of anilines is 1. The number of hydrogen-bond acceptors (Lipinski definition) is 4. The van der Waals surface area contributed by atoms with Gasteiger partial charge in [0.25, 0.3) is 0 Å². The molecule has 114 valence electrons. The van der Waals surface area contributed by atoms with Gasteiger partial charge in [-0.2, -0.15) is 0 Å². The first-order valence-corrected chi connectivity index (χ1v) is 7.46. The first-order chi connectivity index (χ1) is 9.60. The second kappa shape index (κ2) is 8.12. The van der Waals surface area contributed by atoms with Crippen molar-refractivity contribution in [1.82, 2.24) is 10.3 Å². The van der Waals surface area contributed by atoms with Gasteiger partial charge in [0.2, 0.25) is 5.91 Å².